The van der Waals surface area contributed by atoms with Crippen molar-refractivity contribution in [3.8, 4) is 5.75 Å². The minimum Gasteiger partial charge on any atom is -0.507 e. The van der Waals surface area contributed by atoms with Crippen LogP contribution in [0, 0.1) is 5.92 Å². The molecular weight excluding hydrogens is 304 g/mol. The number of hydrogen-bond donors (Lipinski definition) is 1. The molecule has 1 N–H and O–H groups in total. The van der Waals surface area contributed by atoms with Crippen molar-refractivity contribution < 1.29 is 5.11 Å². The van der Waals surface area contributed by atoms with Crippen LogP contribution in [0.25, 0.3) is 0 Å². The molecule has 1 fully saturated rings. The van der Waals surface area contributed by atoms with Crippen LogP contribution >= 0.6 is 0 Å². The molecule has 1 aromatic rings. The third-order valence-corrected chi connectivity index (χ3v) is 6.03. The van der Waals surface area contributed by atoms with Gasteiger partial charge in [-0.2, -0.15) is 0 Å². The molecule has 2 rings (SSSR count). The molecule has 1 aliphatic rings. The average molecular weight is 345 g/mol. The molecule has 0 radical (unpaired) electrons. The van der Waals surface area contributed by atoms with Gasteiger partial charge in [-0.3, -0.25) is 0 Å². The van der Waals surface area contributed by atoms with Gasteiger partial charge in [0.25, 0.3) is 0 Å². The number of phenolic OH excluding ortho intramolecular Hbond substituents is 1. The standard InChI is InChI=1S/C24H40O/c1-8-9-10-17-11-13-18(14-12-17)19-15-20(23(2,3)4)22(25)21(16-19)24(5,6)7/h15-18,25H,8-14H2,1-7H3. The molecule has 0 aliphatic heterocycles. The highest BCUT2D eigenvalue weighted by Gasteiger charge is 2.29. The first kappa shape index (κ1) is 20.3. The van der Waals surface area contributed by atoms with Crippen LogP contribution in [0.15, 0.2) is 12.1 Å². The van der Waals surface area contributed by atoms with Gasteiger partial charge >= 0.3 is 0 Å². The van der Waals surface area contributed by atoms with E-state index in [2.05, 4.69) is 60.6 Å². The highest BCUT2D eigenvalue weighted by molar-refractivity contribution is 5.50. The number of hydrogen-bond acceptors (Lipinski definition) is 1. The predicted molar refractivity (Wildman–Crippen MR) is 110 cm³/mol. The van der Waals surface area contributed by atoms with Crippen LogP contribution in [0.1, 0.15) is 116 Å². The van der Waals surface area contributed by atoms with E-state index in [1.165, 1.54) is 50.5 Å². The number of phenols is 1. The van der Waals surface area contributed by atoms with Gasteiger partial charge < -0.3 is 5.11 Å². The summed E-state index contributed by atoms with van der Waals surface area (Å²) in [5.74, 6) is 2.12. The summed E-state index contributed by atoms with van der Waals surface area (Å²) < 4.78 is 0. The zero-order valence-corrected chi connectivity index (χ0v) is 17.7. The fraction of sp³-hybridized carbons (Fsp3) is 0.750. The highest BCUT2D eigenvalue weighted by Crippen LogP contribution is 2.44. The Kier molecular flexibility index (Phi) is 6.28. The van der Waals surface area contributed by atoms with Crippen LogP contribution in [-0.4, -0.2) is 5.11 Å². The maximum absolute atomic E-state index is 10.9. The van der Waals surface area contributed by atoms with E-state index in [4.69, 9.17) is 0 Å². The van der Waals surface area contributed by atoms with Crippen LogP contribution in [0.2, 0.25) is 0 Å². The molecule has 0 heterocycles. The maximum Gasteiger partial charge on any atom is 0.123 e. The van der Waals surface area contributed by atoms with Gasteiger partial charge in [-0.1, -0.05) is 79.9 Å². The van der Waals surface area contributed by atoms with Crippen molar-refractivity contribution in [1.82, 2.24) is 0 Å². The molecule has 0 atom stereocenters. The van der Waals surface area contributed by atoms with Gasteiger partial charge in [-0.15, -0.1) is 0 Å². The predicted octanol–water partition coefficient (Wildman–Crippen LogP) is 7.45. The Balaban J connectivity index is 2.30. The number of rotatable bonds is 4. The third-order valence-electron chi connectivity index (χ3n) is 6.03. The second kappa shape index (κ2) is 7.72. The Morgan fingerprint density at radius 1 is 0.880 bits per heavy atom. The largest absolute Gasteiger partial charge is 0.507 e. The zero-order valence-electron chi connectivity index (χ0n) is 17.7. The maximum atomic E-state index is 10.9. The van der Waals surface area contributed by atoms with Crippen LogP contribution in [0.3, 0.4) is 0 Å². The lowest BCUT2D eigenvalue weighted by atomic mass is 9.73. The lowest BCUT2D eigenvalue weighted by Gasteiger charge is -2.33. The summed E-state index contributed by atoms with van der Waals surface area (Å²) >= 11 is 0. The van der Waals surface area contributed by atoms with Gasteiger partial charge in [0.1, 0.15) is 5.75 Å². The summed E-state index contributed by atoms with van der Waals surface area (Å²) in [6.07, 6.45) is 9.50. The molecule has 142 valence electrons. The third kappa shape index (κ3) is 5.02. The number of aromatic hydroxyl groups is 1. The van der Waals surface area contributed by atoms with Crippen molar-refractivity contribution in [2.24, 2.45) is 5.92 Å². The summed E-state index contributed by atoms with van der Waals surface area (Å²) in [5.41, 5.74) is 3.63. The number of unbranched alkanes of at least 4 members (excludes halogenated alkanes) is 1. The highest BCUT2D eigenvalue weighted by atomic mass is 16.3. The van der Waals surface area contributed by atoms with E-state index in [9.17, 15) is 5.11 Å². The fourth-order valence-electron chi connectivity index (χ4n) is 4.31. The molecule has 0 amide bonds. The van der Waals surface area contributed by atoms with Crippen molar-refractivity contribution in [1.29, 1.82) is 0 Å². The first-order valence-corrected chi connectivity index (χ1v) is 10.4. The topological polar surface area (TPSA) is 20.2 Å². The Labute approximate surface area is 156 Å². The Morgan fingerprint density at radius 2 is 1.36 bits per heavy atom. The monoisotopic (exact) mass is 344 g/mol. The van der Waals surface area contributed by atoms with Gasteiger partial charge in [0, 0.05) is 0 Å². The molecule has 1 aliphatic carbocycles. The van der Waals surface area contributed by atoms with E-state index in [0.29, 0.717) is 11.7 Å². The second-order valence-corrected chi connectivity index (χ2v) is 10.3. The normalized spacial score (nSPS) is 22.2. The zero-order chi connectivity index (χ0) is 18.8. The summed E-state index contributed by atoms with van der Waals surface area (Å²) in [7, 11) is 0. The molecule has 0 unspecified atom stereocenters. The number of benzene rings is 1. The van der Waals surface area contributed by atoms with Crippen LogP contribution in [0.4, 0.5) is 0 Å². The first-order valence-electron chi connectivity index (χ1n) is 10.4. The van der Waals surface area contributed by atoms with Crippen molar-refractivity contribution in [3.05, 3.63) is 28.8 Å². The molecule has 25 heavy (non-hydrogen) atoms. The van der Waals surface area contributed by atoms with Crippen LogP contribution in [0.5, 0.6) is 5.75 Å². The quantitative estimate of drug-likeness (QED) is 0.601. The van der Waals surface area contributed by atoms with Crippen molar-refractivity contribution in [2.45, 2.75) is 110 Å². The van der Waals surface area contributed by atoms with Gasteiger partial charge in [-0.25, -0.2) is 0 Å². The molecule has 0 bridgehead atoms. The van der Waals surface area contributed by atoms with E-state index in [1.807, 2.05) is 0 Å². The van der Waals surface area contributed by atoms with Gasteiger partial charge in [0.05, 0.1) is 0 Å². The van der Waals surface area contributed by atoms with Crippen LogP contribution < -0.4 is 0 Å². The molecule has 0 saturated heterocycles. The summed E-state index contributed by atoms with van der Waals surface area (Å²) in [5, 5.41) is 10.9. The van der Waals surface area contributed by atoms with E-state index < -0.39 is 0 Å². The molecule has 1 aromatic carbocycles. The first-order chi connectivity index (χ1) is 11.5. The SMILES string of the molecule is CCCCC1CCC(c2cc(C(C)(C)C)c(O)c(C(C)(C)C)c2)CC1. The summed E-state index contributed by atoms with van der Waals surface area (Å²) in [4.78, 5) is 0. The van der Waals surface area contributed by atoms with Crippen molar-refractivity contribution in [2.75, 3.05) is 0 Å². The van der Waals surface area contributed by atoms with E-state index in [-0.39, 0.29) is 10.8 Å². The van der Waals surface area contributed by atoms with Gasteiger partial charge in [0.2, 0.25) is 0 Å². The Morgan fingerprint density at radius 3 is 1.76 bits per heavy atom. The Bertz CT molecular complexity index is 528. The molecule has 0 spiro atoms. The fourth-order valence-corrected chi connectivity index (χ4v) is 4.31. The second-order valence-electron chi connectivity index (χ2n) is 10.3. The van der Waals surface area contributed by atoms with Crippen molar-refractivity contribution >= 4 is 0 Å². The minimum absolute atomic E-state index is 0.0293. The lowest BCUT2D eigenvalue weighted by Crippen LogP contribution is -2.20. The van der Waals surface area contributed by atoms with Gasteiger partial charge in [-0.05, 0) is 65.0 Å². The van der Waals surface area contributed by atoms with E-state index in [0.717, 1.165) is 17.0 Å². The van der Waals surface area contributed by atoms with E-state index >= 15 is 0 Å². The summed E-state index contributed by atoms with van der Waals surface area (Å²) in [6.45, 7) is 15.5. The molecule has 0 aromatic heterocycles. The molecule has 1 saturated carbocycles. The summed E-state index contributed by atoms with van der Waals surface area (Å²) in [6, 6.07) is 4.61. The minimum atomic E-state index is -0.0293. The average Bonchev–Trinajstić information content (AvgIpc) is 2.51. The van der Waals surface area contributed by atoms with E-state index in [1.54, 1.807) is 0 Å². The lowest BCUT2D eigenvalue weighted by molar-refractivity contribution is 0.303. The van der Waals surface area contributed by atoms with Crippen molar-refractivity contribution in [3.63, 3.8) is 0 Å². The molecular formula is C24H40O. The molecule has 1 nitrogen and oxygen atoms in total. The smallest absolute Gasteiger partial charge is 0.123 e. The van der Waals surface area contributed by atoms with Crippen LogP contribution in [-0.2, 0) is 10.8 Å². The van der Waals surface area contributed by atoms with Gasteiger partial charge in [0.15, 0.2) is 0 Å². The Hall–Kier alpha value is -0.980. The molecule has 1 heteroatoms.